The van der Waals surface area contributed by atoms with Crippen molar-refractivity contribution in [3.05, 3.63) is 0 Å². The van der Waals surface area contributed by atoms with E-state index < -0.39 is 12.5 Å². The molecule has 0 aromatic heterocycles. The third kappa shape index (κ3) is 4.76. The average molecular weight is 264 g/mol. The lowest BCUT2D eigenvalue weighted by Gasteiger charge is -2.31. The third-order valence-electron chi connectivity index (χ3n) is 3.45. The molecule has 1 aliphatic carbocycles. The van der Waals surface area contributed by atoms with Gasteiger partial charge in [0.1, 0.15) is 0 Å². The minimum atomic E-state index is -2.32. The lowest BCUT2D eigenvalue weighted by atomic mass is 10.2. The molecule has 0 aromatic carbocycles. The van der Waals surface area contributed by atoms with Gasteiger partial charge in [-0.05, 0) is 12.8 Å². The fourth-order valence-electron chi connectivity index (χ4n) is 2.40. The van der Waals surface area contributed by atoms with Crippen molar-refractivity contribution in [3.63, 3.8) is 0 Å². The molecule has 2 fully saturated rings. The molecule has 0 radical (unpaired) electrons. The van der Waals surface area contributed by atoms with Crippen LogP contribution < -0.4 is 0 Å². The molecule has 18 heavy (non-hydrogen) atoms. The largest absolute Gasteiger partial charge is 0.390 e. The molecule has 1 heterocycles. The number of hydrogen-bond donors (Lipinski definition) is 1. The van der Waals surface area contributed by atoms with Crippen LogP contribution in [0.15, 0.2) is 0 Å². The van der Waals surface area contributed by atoms with E-state index in [0.29, 0.717) is 26.3 Å². The third-order valence-corrected chi connectivity index (χ3v) is 3.45. The Balaban J connectivity index is 1.71. The number of alkyl halides is 2. The maximum Gasteiger partial charge on any atom is 0.251 e. The van der Waals surface area contributed by atoms with Crippen LogP contribution in [0.3, 0.4) is 0 Å². The molecule has 2 aliphatic rings. The van der Waals surface area contributed by atoms with Gasteiger partial charge < -0.3 is 9.84 Å². The molecular weight excluding hydrogens is 242 g/mol. The summed E-state index contributed by atoms with van der Waals surface area (Å²) in [6.45, 7) is 3.70. The van der Waals surface area contributed by atoms with Crippen LogP contribution in [0.5, 0.6) is 0 Å². The molecule has 1 N–H and O–H groups in total. The zero-order chi connectivity index (χ0) is 13.0. The van der Waals surface area contributed by atoms with Gasteiger partial charge in [-0.25, -0.2) is 8.78 Å². The standard InChI is InChI=1S/C12H22F2N2O2/c13-12(14)9-16(10-1-2-10)8-11(17)7-15-3-5-18-6-4-15/h10-12,17H,1-9H2. The van der Waals surface area contributed by atoms with Gasteiger partial charge in [-0.15, -0.1) is 0 Å². The van der Waals surface area contributed by atoms with Gasteiger partial charge in [-0.1, -0.05) is 0 Å². The quantitative estimate of drug-likeness (QED) is 0.722. The first-order chi connectivity index (χ1) is 8.65. The number of rotatable bonds is 7. The SMILES string of the molecule is OC(CN1CCOCC1)CN(CC(F)F)C1CC1. The molecule has 0 spiro atoms. The number of aliphatic hydroxyl groups excluding tert-OH is 1. The van der Waals surface area contributed by atoms with Crippen molar-refractivity contribution in [1.29, 1.82) is 0 Å². The van der Waals surface area contributed by atoms with Gasteiger partial charge in [-0.2, -0.15) is 0 Å². The van der Waals surface area contributed by atoms with Gasteiger partial charge in [0.15, 0.2) is 0 Å². The van der Waals surface area contributed by atoms with Gasteiger partial charge in [-0.3, -0.25) is 9.80 Å². The second-order valence-electron chi connectivity index (χ2n) is 5.14. The van der Waals surface area contributed by atoms with Gasteiger partial charge in [0.05, 0.1) is 25.9 Å². The highest BCUT2D eigenvalue weighted by Crippen LogP contribution is 2.27. The number of halogens is 2. The van der Waals surface area contributed by atoms with E-state index in [0.717, 1.165) is 25.9 Å². The first kappa shape index (κ1) is 14.1. The molecule has 0 aromatic rings. The Morgan fingerprint density at radius 2 is 1.89 bits per heavy atom. The highest BCUT2D eigenvalue weighted by atomic mass is 19.3. The number of β-amino-alcohol motifs (C(OH)–C–C–N with tert-alkyl or cyclic N) is 1. The summed E-state index contributed by atoms with van der Waals surface area (Å²) in [7, 11) is 0. The van der Waals surface area contributed by atoms with Crippen molar-refractivity contribution in [2.45, 2.75) is 31.4 Å². The average Bonchev–Trinajstić information content (AvgIpc) is 3.12. The summed E-state index contributed by atoms with van der Waals surface area (Å²) in [6.07, 6.45) is -0.905. The predicted molar refractivity (Wildman–Crippen MR) is 63.9 cm³/mol. The molecule has 1 unspecified atom stereocenters. The Labute approximate surface area is 107 Å². The summed E-state index contributed by atoms with van der Waals surface area (Å²) in [6, 6.07) is 0.262. The van der Waals surface area contributed by atoms with Crippen LogP contribution in [0.4, 0.5) is 8.78 Å². The Hall–Kier alpha value is -0.300. The number of hydrogen-bond acceptors (Lipinski definition) is 4. The summed E-state index contributed by atoms with van der Waals surface area (Å²) < 4.78 is 30.1. The second-order valence-corrected chi connectivity index (χ2v) is 5.14. The number of ether oxygens (including phenoxy) is 1. The van der Waals surface area contributed by atoms with Gasteiger partial charge >= 0.3 is 0 Å². The maximum absolute atomic E-state index is 12.4. The summed E-state index contributed by atoms with van der Waals surface area (Å²) >= 11 is 0. The fourth-order valence-corrected chi connectivity index (χ4v) is 2.40. The molecule has 1 saturated heterocycles. The first-order valence-corrected chi connectivity index (χ1v) is 6.65. The summed E-state index contributed by atoms with van der Waals surface area (Å²) in [5.74, 6) is 0. The van der Waals surface area contributed by atoms with Crippen molar-refractivity contribution < 1.29 is 18.6 Å². The molecule has 106 valence electrons. The Morgan fingerprint density at radius 3 is 2.44 bits per heavy atom. The zero-order valence-electron chi connectivity index (χ0n) is 10.6. The van der Waals surface area contributed by atoms with E-state index in [1.54, 1.807) is 4.90 Å². The fraction of sp³-hybridized carbons (Fsp3) is 1.00. The number of aliphatic hydroxyl groups is 1. The molecule has 1 aliphatic heterocycles. The highest BCUT2D eigenvalue weighted by molar-refractivity contribution is 4.86. The smallest absolute Gasteiger partial charge is 0.251 e. The highest BCUT2D eigenvalue weighted by Gasteiger charge is 2.32. The van der Waals surface area contributed by atoms with Crippen LogP contribution in [-0.2, 0) is 4.74 Å². The number of nitrogens with zero attached hydrogens (tertiary/aromatic N) is 2. The van der Waals surface area contributed by atoms with E-state index >= 15 is 0 Å². The van der Waals surface area contributed by atoms with E-state index in [2.05, 4.69) is 4.90 Å². The van der Waals surface area contributed by atoms with E-state index in [1.807, 2.05) is 0 Å². The molecule has 2 rings (SSSR count). The Kier molecular flexibility index (Phi) is 5.29. The monoisotopic (exact) mass is 264 g/mol. The molecule has 6 heteroatoms. The maximum atomic E-state index is 12.4. The van der Waals surface area contributed by atoms with E-state index in [4.69, 9.17) is 4.74 Å². The van der Waals surface area contributed by atoms with Crippen LogP contribution >= 0.6 is 0 Å². The van der Waals surface area contributed by atoms with Gasteiger partial charge in [0.25, 0.3) is 6.43 Å². The van der Waals surface area contributed by atoms with Crippen molar-refractivity contribution in [2.24, 2.45) is 0 Å². The van der Waals surface area contributed by atoms with Gasteiger partial charge in [0.2, 0.25) is 0 Å². The topological polar surface area (TPSA) is 35.9 Å². The second kappa shape index (κ2) is 6.75. The van der Waals surface area contributed by atoms with Gasteiger partial charge in [0, 0.05) is 32.2 Å². The van der Waals surface area contributed by atoms with E-state index in [9.17, 15) is 13.9 Å². The summed E-state index contributed by atoms with van der Waals surface area (Å²) in [5, 5.41) is 9.99. The van der Waals surface area contributed by atoms with Crippen molar-refractivity contribution in [1.82, 2.24) is 9.80 Å². The lowest BCUT2D eigenvalue weighted by Crippen LogP contribution is -2.45. The minimum absolute atomic E-state index is 0.217. The molecule has 4 nitrogen and oxygen atoms in total. The molecule has 0 bridgehead atoms. The van der Waals surface area contributed by atoms with Crippen LogP contribution in [0, 0.1) is 0 Å². The summed E-state index contributed by atoms with van der Waals surface area (Å²) in [5.41, 5.74) is 0. The van der Waals surface area contributed by atoms with E-state index in [-0.39, 0.29) is 12.6 Å². The van der Waals surface area contributed by atoms with E-state index in [1.165, 1.54) is 0 Å². The molecule has 1 atom stereocenters. The van der Waals surface area contributed by atoms with Crippen LogP contribution in [0.25, 0.3) is 0 Å². The lowest BCUT2D eigenvalue weighted by molar-refractivity contribution is -0.000424. The summed E-state index contributed by atoms with van der Waals surface area (Å²) in [4.78, 5) is 3.86. The zero-order valence-corrected chi connectivity index (χ0v) is 10.6. The predicted octanol–water partition coefficient (Wildman–Crippen LogP) is 0.409. The molecule has 1 saturated carbocycles. The Bertz CT molecular complexity index is 246. The van der Waals surface area contributed by atoms with Crippen LogP contribution in [0.1, 0.15) is 12.8 Å². The van der Waals surface area contributed by atoms with Crippen LogP contribution in [0.2, 0.25) is 0 Å². The van der Waals surface area contributed by atoms with Crippen molar-refractivity contribution in [3.8, 4) is 0 Å². The Morgan fingerprint density at radius 1 is 1.22 bits per heavy atom. The van der Waals surface area contributed by atoms with Crippen molar-refractivity contribution >= 4 is 0 Å². The first-order valence-electron chi connectivity index (χ1n) is 6.65. The molecular formula is C12H22F2N2O2. The number of morpholine rings is 1. The normalized spacial score (nSPS) is 23.8. The minimum Gasteiger partial charge on any atom is -0.390 e. The molecule has 0 amide bonds. The van der Waals surface area contributed by atoms with Crippen molar-refractivity contribution in [2.75, 3.05) is 45.9 Å². The van der Waals surface area contributed by atoms with Crippen LogP contribution in [-0.4, -0.2) is 79.4 Å².